The summed E-state index contributed by atoms with van der Waals surface area (Å²) in [6.45, 7) is 0. The third-order valence-corrected chi connectivity index (χ3v) is 8.60. The number of fused-ring (bicyclic) bond motifs is 4. The molecule has 12 nitrogen and oxygen atoms in total. The van der Waals surface area contributed by atoms with E-state index in [2.05, 4.69) is 25.4 Å². The highest BCUT2D eigenvalue weighted by Gasteiger charge is 2.63. The van der Waals surface area contributed by atoms with Crippen molar-refractivity contribution in [3.05, 3.63) is 33.8 Å². The Morgan fingerprint density at radius 3 is 2.03 bits per heavy atom. The molecular weight excluding hydrogens is 568 g/mol. The number of rotatable bonds is 2. The number of benzene rings is 1. The number of phenols is 1. The molecule has 2 heterocycles. The number of allylic oxidation sites excluding steroid dienone is 2. The number of aromatic hydroxyl groups is 1. The molecule has 5 rings (SSSR count). The summed E-state index contributed by atoms with van der Waals surface area (Å²) in [6.07, 6.45) is -0.295. The molecule has 1 aromatic carbocycles. The highest BCUT2D eigenvalue weighted by atomic mass is 79.9. The van der Waals surface area contributed by atoms with Crippen LogP contribution in [-0.4, -0.2) is 72.1 Å². The Bertz CT molecular complexity index is 1340. The molecule has 1 aromatic rings. The number of likely N-dealkylation sites (tertiary alicyclic amines) is 2. The van der Waals surface area contributed by atoms with Crippen molar-refractivity contribution in [2.45, 2.75) is 18.8 Å². The Kier molecular flexibility index (Phi) is 6.28. The van der Waals surface area contributed by atoms with Gasteiger partial charge in [0.1, 0.15) is 0 Å². The van der Waals surface area contributed by atoms with E-state index in [-0.39, 0.29) is 28.8 Å². The maximum absolute atomic E-state index is 13.5. The number of phenolic OH excluding ortho intramolecular Hbond substituents is 1. The summed E-state index contributed by atoms with van der Waals surface area (Å²) in [7, 11) is 3.48. The lowest BCUT2D eigenvalue weighted by Crippen LogP contribution is -2.43. The first-order chi connectivity index (χ1) is 18.1. The number of nitrogens with zero attached hydrogens (tertiary/aromatic N) is 2. The van der Waals surface area contributed by atoms with Crippen molar-refractivity contribution in [3.8, 4) is 11.5 Å². The second kappa shape index (κ2) is 9.22. The lowest BCUT2D eigenvalue weighted by atomic mass is 9.57. The summed E-state index contributed by atoms with van der Waals surface area (Å²) < 4.78 is 14.9. The quantitative estimate of drug-likeness (QED) is 0.400. The first kappa shape index (κ1) is 25.9. The third kappa shape index (κ3) is 3.47. The molecule has 4 aliphatic rings. The maximum atomic E-state index is 13.5. The normalized spacial score (nSPS) is 29.9. The number of methoxy groups -OCH3 is 3. The summed E-state index contributed by atoms with van der Waals surface area (Å²) in [5, 5.41) is 10.4. The Morgan fingerprint density at radius 2 is 1.45 bits per heavy atom. The van der Waals surface area contributed by atoms with E-state index in [0.717, 1.165) is 14.2 Å². The fourth-order valence-electron chi connectivity index (χ4n) is 6.43. The number of hydrogen-bond acceptors (Lipinski definition) is 10. The van der Waals surface area contributed by atoms with Crippen LogP contribution in [0.15, 0.2) is 28.3 Å². The molecule has 6 unspecified atom stereocenters. The van der Waals surface area contributed by atoms with Gasteiger partial charge in [0.25, 0.3) is 0 Å². The van der Waals surface area contributed by atoms with E-state index in [4.69, 9.17) is 4.74 Å². The Hall–Kier alpha value is -3.74. The van der Waals surface area contributed by atoms with Crippen molar-refractivity contribution in [1.82, 2.24) is 9.80 Å². The molecule has 0 aromatic heterocycles. The molecule has 38 heavy (non-hydrogen) atoms. The van der Waals surface area contributed by atoms with Gasteiger partial charge in [-0.3, -0.25) is 19.2 Å². The van der Waals surface area contributed by atoms with Crippen LogP contribution in [0.2, 0.25) is 0 Å². The van der Waals surface area contributed by atoms with Gasteiger partial charge in [-0.2, -0.15) is 9.80 Å². The van der Waals surface area contributed by atoms with Crippen molar-refractivity contribution in [3.63, 3.8) is 0 Å². The lowest BCUT2D eigenvalue weighted by Gasteiger charge is -2.44. The number of carbonyl (C=O) groups excluding carboxylic acids is 6. The molecule has 2 aliphatic heterocycles. The molecule has 0 spiro atoms. The maximum Gasteiger partial charge on any atom is 0.423 e. The molecule has 200 valence electrons. The number of amides is 6. The van der Waals surface area contributed by atoms with Crippen molar-refractivity contribution in [2.75, 3.05) is 21.3 Å². The number of carbonyl (C=O) groups is 6. The fraction of sp³-hybridized carbons (Fsp3) is 0.440. The van der Waals surface area contributed by atoms with E-state index >= 15 is 0 Å². The summed E-state index contributed by atoms with van der Waals surface area (Å²) in [4.78, 5) is 78.9. The molecule has 6 atom stereocenters. The third-order valence-electron chi connectivity index (χ3n) is 7.99. The van der Waals surface area contributed by atoms with Gasteiger partial charge in [-0.15, -0.1) is 0 Å². The monoisotopic (exact) mass is 590 g/mol. The van der Waals surface area contributed by atoms with Gasteiger partial charge >= 0.3 is 12.2 Å². The van der Waals surface area contributed by atoms with Crippen LogP contribution in [0.25, 0.3) is 0 Å². The van der Waals surface area contributed by atoms with Gasteiger partial charge in [0.2, 0.25) is 23.6 Å². The van der Waals surface area contributed by atoms with Gasteiger partial charge in [0.05, 0.1) is 49.5 Å². The Morgan fingerprint density at radius 1 is 0.868 bits per heavy atom. The summed E-state index contributed by atoms with van der Waals surface area (Å²) >= 11 is 3.29. The second-order valence-electron chi connectivity index (χ2n) is 9.54. The molecule has 0 radical (unpaired) electrons. The zero-order valence-electron chi connectivity index (χ0n) is 20.5. The Labute approximate surface area is 224 Å². The Balaban J connectivity index is 1.67. The molecule has 1 N–H and O–H groups in total. The minimum Gasteiger partial charge on any atom is -0.503 e. The first-order valence-electron chi connectivity index (χ1n) is 11.7. The van der Waals surface area contributed by atoms with Crippen LogP contribution >= 0.6 is 15.9 Å². The molecule has 2 aliphatic carbocycles. The van der Waals surface area contributed by atoms with Crippen molar-refractivity contribution in [2.24, 2.45) is 29.6 Å². The standard InChI is InChI=1S/C25H23BrN2O10/c1-36-15-7-9(6-14(26)19(15)29)16-10-4-5-11-17(22(32)27(20(11)30)24(34)37-2)12(10)8-13-18(16)23(33)28(21(13)31)25(35)38-3/h4,6-7,11-13,16-18,29H,5,8H2,1-3H3. The van der Waals surface area contributed by atoms with E-state index in [1.807, 2.05) is 0 Å². The van der Waals surface area contributed by atoms with Gasteiger partial charge < -0.3 is 19.3 Å². The molecule has 13 heteroatoms. The zero-order chi connectivity index (χ0) is 27.6. The predicted molar refractivity (Wildman–Crippen MR) is 128 cm³/mol. The van der Waals surface area contributed by atoms with Crippen molar-refractivity contribution >= 4 is 51.7 Å². The highest BCUT2D eigenvalue weighted by molar-refractivity contribution is 9.10. The van der Waals surface area contributed by atoms with Crippen molar-refractivity contribution < 1.29 is 48.1 Å². The van der Waals surface area contributed by atoms with E-state index in [9.17, 15) is 33.9 Å². The van der Waals surface area contributed by atoms with Gasteiger partial charge in [-0.1, -0.05) is 11.6 Å². The van der Waals surface area contributed by atoms with E-state index in [1.54, 1.807) is 12.1 Å². The molecular formula is C25H23BrN2O10. The zero-order valence-corrected chi connectivity index (χ0v) is 22.1. The number of imide groups is 6. The number of hydrogen-bond donors (Lipinski definition) is 1. The average Bonchev–Trinajstić information content (AvgIpc) is 3.31. The molecule has 1 saturated carbocycles. The van der Waals surface area contributed by atoms with Crippen LogP contribution in [0.3, 0.4) is 0 Å². The molecule has 3 fully saturated rings. The first-order valence-corrected chi connectivity index (χ1v) is 12.5. The predicted octanol–water partition coefficient (Wildman–Crippen LogP) is 2.33. The van der Waals surface area contributed by atoms with Gasteiger partial charge in [-0.25, -0.2) is 9.59 Å². The molecule has 6 amide bonds. The summed E-state index contributed by atoms with van der Waals surface area (Å²) in [5.41, 5.74) is 1.12. The van der Waals surface area contributed by atoms with E-state index < -0.39 is 71.3 Å². The molecule has 0 bridgehead atoms. The lowest BCUT2D eigenvalue weighted by molar-refractivity contribution is -0.139. The highest BCUT2D eigenvalue weighted by Crippen LogP contribution is 2.58. The SMILES string of the molecule is COC(=O)N1C(=O)C2CC=C3C(CC4C(=O)N(C(=O)OC)C(=O)C4C3c3cc(Br)c(O)c(OC)c3)C2C1=O. The fourth-order valence-corrected chi connectivity index (χ4v) is 6.89. The number of ether oxygens (including phenoxy) is 3. The van der Waals surface area contributed by atoms with E-state index in [0.29, 0.717) is 20.9 Å². The van der Waals surface area contributed by atoms with Crippen LogP contribution in [0, 0.1) is 29.6 Å². The minimum atomic E-state index is -1.11. The summed E-state index contributed by atoms with van der Waals surface area (Å²) in [5.74, 6) is -8.26. The number of halogens is 1. The van der Waals surface area contributed by atoms with Crippen LogP contribution in [0.5, 0.6) is 11.5 Å². The van der Waals surface area contributed by atoms with Crippen LogP contribution < -0.4 is 4.74 Å². The summed E-state index contributed by atoms with van der Waals surface area (Å²) in [6, 6.07) is 3.11. The van der Waals surface area contributed by atoms with Gasteiger partial charge in [-0.05, 0) is 52.4 Å². The second-order valence-corrected chi connectivity index (χ2v) is 10.4. The topological polar surface area (TPSA) is 157 Å². The van der Waals surface area contributed by atoms with Gasteiger partial charge in [0.15, 0.2) is 11.5 Å². The van der Waals surface area contributed by atoms with Crippen LogP contribution in [0.4, 0.5) is 9.59 Å². The van der Waals surface area contributed by atoms with Crippen LogP contribution in [-0.2, 0) is 28.7 Å². The smallest absolute Gasteiger partial charge is 0.423 e. The minimum absolute atomic E-state index is 0.0106. The van der Waals surface area contributed by atoms with Crippen LogP contribution in [0.1, 0.15) is 24.3 Å². The van der Waals surface area contributed by atoms with Gasteiger partial charge in [0, 0.05) is 5.92 Å². The average molecular weight is 591 g/mol. The largest absolute Gasteiger partial charge is 0.503 e. The van der Waals surface area contributed by atoms with E-state index in [1.165, 1.54) is 13.2 Å². The van der Waals surface area contributed by atoms with Crippen molar-refractivity contribution in [1.29, 1.82) is 0 Å². The molecule has 2 saturated heterocycles.